The SMILES string of the molecule is CCCn1cc(-c2cccc(N3C=C(O)C=CC3C(C)C)c2)cn1. The minimum atomic E-state index is 0.235. The zero-order chi connectivity index (χ0) is 17.1. The summed E-state index contributed by atoms with van der Waals surface area (Å²) < 4.78 is 1.98. The largest absolute Gasteiger partial charge is 0.506 e. The summed E-state index contributed by atoms with van der Waals surface area (Å²) in [4.78, 5) is 2.14. The van der Waals surface area contributed by atoms with Crippen LogP contribution >= 0.6 is 0 Å². The number of hydrogen-bond acceptors (Lipinski definition) is 3. The van der Waals surface area contributed by atoms with E-state index in [1.54, 1.807) is 6.08 Å². The summed E-state index contributed by atoms with van der Waals surface area (Å²) in [5.74, 6) is 0.731. The van der Waals surface area contributed by atoms with Crippen LogP contribution in [0.4, 0.5) is 5.69 Å². The van der Waals surface area contributed by atoms with Crippen LogP contribution in [-0.2, 0) is 6.54 Å². The zero-order valence-corrected chi connectivity index (χ0v) is 14.6. The van der Waals surface area contributed by atoms with Crippen molar-refractivity contribution in [3.8, 4) is 11.1 Å². The molecule has 126 valence electrons. The Morgan fingerprint density at radius 1 is 1.25 bits per heavy atom. The molecule has 0 saturated heterocycles. The third kappa shape index (κ3) is 3.37. The van der Waals surface area contributed by atoms with Crippen LogP contribution in [-0.4, -0.2) is 20.9 Å². The van der Waals surface area contributed by atoms with Gasteiger partial charge in [-0.15, -0.1) is 0 Å². The molecule has 0 saturated carbocycles. The van der Waals surface area contributed by atoms with Gasteiger partial charge in [-0.3, -0.25) is 4.68 Å². The topological polar surface area (TPSA) is 41.3 Å². The summed E-state index contributed by atoms with van der Waals surface area (Å²) in [5.41, 5.74) is 3.33. The summed E-state index contributed by atoms with van der Waals surface area (Å²) in [5, 5.41) is 14.3. The number of hydrogen-bond donors (Lipinski definition) is 1. The Kier molecular flexibility index (Phi) is 4.74. The number of allylic oxidation sites excluding steroid dienone is 1. The molecule has 1 unspecified atom stereocenters. The van der Waals surface area contributed by atoms with E-state index >= 15 is 0 Å². The van der Waals surface area contributed by atoms with Crippen molar-refractivity contribution in [3.05, 3.63) is 60.8 Å². The smallest absolute Gasteiger partial charge is 0.131 e. The van der Waals surface area contributed by atoms with Crippen molar-refractivity contribution in [3.63, 3.8) is 0 Å². The van der Waals surface area contributed by atoms with E-state index in [4.69, 9.17) is 0 Å². The molecule has 1 N–H and O–H groups in total. The lowest BCUT2D eigenvalue weighted by Crippen LogP contribution is -2.35. The second kappa shape index (κ2) is 6.95. The minimum absolute atomic E-state index is 0.235. The van der Waals surface area contributed by atoms with Crippen molar-refractivity contribution in [2.24, 2.45) is 5.92 Å². The highest BCUT2D eigenvalue weighted by Gasteiger charge is 2.22. The van der Waals surface area contributed by atoms with E-state index in [1.807, 2.05) is 17.1 Å². The van der Waals surface area contributed by atoms with E-state index in [2.05, 4.69) is 67.3 Å². The highest BCUT2D eigenvalue weighted by molar-refractivity contribution is 5.69. The molecule has 0 spiro atoms. The molecule has 24 heavy (non-hydrogen) atoms. The van der Waals surface area contributed by atoms with Crippen LogP contribution in [0.2, 0.25) is 0 Å². The molecule has 0 amide bonds. The lowest BCUT2D eigenvalue weighted by atomic mass is 9.98. The van der Waals surface area contributed by atoms with Gasteiger partial charge < -0.3 is 10.0 Å². The van der Waals surface area contributed by atoms with E-state index in [1.165, 1.54) is 0 Å². The third-order valence-corrected chi connectivity index (χ3v) is 4.30. The van der Waals surface area contributed by atoms with Crippen molar-refractivity contribution >= 4 is 5.69 Å². The highest BCUT2D eigenvalue weighted by Crippen LogP contribution is 2.30. The van der Waals surface area contributed by atoms with Gasteiger partial charge in [-0.2, -0.15) is 5.10 Å². The molecule has 1 aromatic carbocycles. The zero-order valence-electron chi connectivity index (χ0n) is 14.6. The Morgan fingerprint density at radius 3 is 2.83 bits per heavy atom. The molecule has 4 nitrogen and oxygen atoms in total. The number of rotatable bonds is 5. The van der Waals surface area contributed by atoms with Gasteiger partial charge in [0.1, 0.15) is 5.76 Å². The second-order valence-corrected chi connectivity index (χ2v) is 6.60. The van der Waals surface area contributed by atoms with Crippen LogP contribution in [0.25, 0.3) is 11.1 Å². The van der Waals surface area contributed by atoms with E-state index in [9.17, 15) is 5.11 Å². The number of aliphatic hydroxyl groups excluding tert-OH is 1. The molecule has 1 aliphatic rings. The maximum Gasteiger partial charge on any atom is 0.131 e. The molecule has 1 atom stereocenters. The highest BCUT2D eigenvalue weighted by atomic mass is 16.3. The van der Waals surface area contributed by atoms with Crippen molar-refractivity contribution in [2.45, 2.75) is 39.8 Å². The van der Waals surface area contributed by atoms with Crippen LogP contribution in [0.5, 0.6) is 0 Å². The first-order valence-corrected chi connectivity index (χ1v) is 8.58. The molecule has 3 rings (SSSR count). The maximum atomic E-state index is 9.91. The summed E-state index contributed by atoms with van der Waals surface area (Å²) in [6, 6.07) is 8.63. The fraction of sp³-hybridized carbons (Fsp3) is 0.350. The van der Waals surface area contributed by atoms with Crippen LogP contribution in [0.1, 0.15) is 27.2 Å². The van der Waals surface area contributed by atoms with E-state index in [0.29, 0.717) is 5.92 Å². The fourth-order valence-electron chi connectivity index (χ4n) is 3.06. The normalized spacial score (nSPS) is 17.4. The van der Waals surface area contributed by atoms with Crippen molar-refractivity contribution in [1.82, 2.24) is 9.78 Å². The van der Waals surface area contributed by atoms with Gasteiger partial charge in [-0.05, 0) is 36.1 Å². The summed E-state index contributed by atoms with van der Waals surface area (Å²) in [6.07, 6.45) is 10.7. The average Bonchev–Trinajstić information content (AvgIpc) is 3.04. The van der Waals surface area contributed by atoms with Gasteiger partial charge in [-0.25, -0.2) is 0 Å². The summed E-state index contributed by atoms with van der Waals surface area (Å²) >= 11 is 0. The van der Waals surface area contributed by atoms with Crippen molar-refractivity contribution in [1.29, 1.82) is 0 Å². The van der Waals surface area contributed by atoms with Crippen LogP contribution in [0.15, 0.2) is 60.8 Å². The van der Waals surface area contributed by atoms with E-state index < -0.39 is 0 Å². The molecule has 2 aromatic rings. The fourth-order valence-corrected chi connectivity index (χ4v) is 3.06. The Morgan fingerprint density at radius 2 is 2.08 bits per heavy atom. The number of anilines is 1. The first kappa shape index (κ1) is 16.4. The standard InChI is InChI=1S/C20H25N3O/c1-4-10-22-13-17(12-21-22)16-6-5-7-18(11-16)23-14-19(24)8-9-20(23)15(2)3/h5-9,11-15,20,24H,4,10H2,1-3H3. The minimum Gasteiger partial charge on any atom is -0.506 e. The molecule has 0 aliphatic carbocycles. The first-order valence-electron chi connectivity index (χ1n) is 8.58. The molecular weight excluding hydrogens is 298 g/mol. The number of aromatic nitrogens is 2. The predicted molar refractivity (Wildman–Crippen MR) is 98.9 cm³/mol. The van der Waals surface area contributed by atoms with Gasteiger partial charge in [-0.1, -0.05) is 39.0 Å². The Labute approximate surface area is 143 Å². The van der Waals surface area contributed by atoms with Crippen molar-refractivity contribution in [2.75, 3.05) is 4.90 Å². The molecule has 4 heteroatoms. The third-order valence-electron chi connectivity index (χ3n) is 4.30. The molecular formula is C20H25N3O. The summed E-state index contributed by atoms with van der Waals surface area (Å²) in [7, 11) is 0. The van der Waals surface area contributed by atoms with E-state index in [-0.39, 0.29) is 11.8 Å². The van der Waals surface area contributed by atoms with Gasteiger partial charge >= 0.3 is 0 Å². The van der Waals surface area contributed by atoms with Gasteiger partial charge in [0.15, 0.2) is 0 Å². The number of aliphatic hydroxyl groups is 1. The number of benzene rings is 1. The Balaban J connectivity index is 1.93. The molecule has 0 fully saturated rings. The van der Waals surface area contributed by atoms with Crippen LogP contribution < -0.4 is 4.90 Å². The van der Waals surface area contributed by atoms with Crippen LogP contribution in [0.3, 0.4) is 0 Å². The first-order chi connectivity index (χ1) is 11.6. The molecule has 0 bridgehead atoms. The van der Waals surface area contributed by atoms with Gasteiger partial charge in [0.05, 0.1) is 12.2 Å². The average molecular weight is 323 g/mol. The lowest BCUT2D eigenvalue weighted by molar-refractivity contribution is 0.419. The quantitative estimate of drug-likeness (QED) is 0.862. The van der Waals surface area contributed by atoms with Gasteiger partial charge in [0.25, 0.3) is 0 Å². The molecule has 1 aliphatic heterocycles. The second-order valence-electron chi connectivity index (χ2n) is 6.60. The summed E-state index contributed by atoms with van der Waals surface area (Å²) in [6.45, 7) is 7.47. The molecule has 1 aromatic heterocycles. The Hall–Kier alpha value is -2.49. The Bertz CT molecular complexity index is 758. The molecule has 2 heterocycles. The number of nitrogens with zero attached hydrogens (tertiary/aromatic N) is 3. The predicted octanol–water partition coefficient (Wildman–Crippen LogP) is 4.76. The monoisotopic (exact) mass is 323 g/mol. The maximum absolute atomic E-state index is 9.91. The van der Waals surface area contributed by atoms with Gasteiger partial charge in [0, 0.05) is 30.2 Å². The van der Waals surface area contributed by atoms with E-state index in [0.717, 1.165) is 29.8 Å². The molecule has 0 radical (unpaired) electrons. The number of aryl methyl sites for hydroxylation is 1. The van der Waals surface area contributed by atoms with Crippen LogP contribution in [0, 0.1) is 5.92 Å². The van der Waals surface area contributed by atoms with Gasteiger partial charge in [0.2, 0.25) is 0 Å². The van der Waals surface area contributed by atoms with Crippen molar-refractivity contribution < 1.29 is 5.11 Å². The lowest BCUT2D eigenvalue weighted by Gasteiger charge is -2.33.